The molecule has 0 aromatic heterocycles. The van der Waals surface area contributed by atoms with Crippen molar-refractivity contribution in [2.75, 3.05) is 33.0 Å². The lowest BCUT2D eigenvalue weighted by atomic mass is 9.84. The monoisotopic (exact) mass is 200 g/mol. The van der Waals surface area contributed by atoms with Crippen LogP contribution in [0.1, 0.15) is 26.7 Å². The van der Waals surface area contributed by atoms with Crippen LogP contribution in [-0.4, -0.2) is 38.6 Å². The Morgan fingerprint density at radius 2 is 1.64 bits per heavy atom. The van der Waals surface area contributed by atoms with Gasteiger partial charge in [0, 0.05) is 5.41 Å². The van der Waals surface area contributed by atoms with Crippen molar-refractivity contribution in [1.29, 1.82) is 0 Å². The van der Waals surface area contributed by atoms with Crippen molar-refractivity contribution < 1.29 is 14.2 Å². The standard InChI is InChI=1S/C11H20O3/c1-3-10(5-12-6-10)7-14-11(4-2)8-13-9-11/h3-9H2,1-2H3. The number of rotatable bonds is 5. The smallest absolute Gasteiger partial charge is 0.114 e. The van der Waals surface area contributed by atoms with Gasteiger partial charge in [-0.15, -0.1) is 0 Å². The Hall–Kier alpha value is -0.120. The molecule has 0 unspecified atom stereocenters. The van der Waals surface area contributed by atoms with Gasteiger partial charge in [0.15, 0.2) is 0 Å². The largest absolute Gasteiger partial charge is 0.380 e. The Morgan fingerprint density at radius 3 is 1.93 bits per heavy atom. The summed E-state index contributed by atoms with van der Waals surface area (Å²) < 4.78 is 16.5. The van der Waals surface area contributed by atoms with Crippen LogP contribution in [0.25, 0.3) is 0 Å². The second-order valence-corrected chi connectivity index (χ2v) is 4.66. The van der Waals surface area contributed by atoms with Crippen molar-refractivity contribution in [2.24, 2.45) is 5.41 Å². The lowest BCUT2D eigenvalue weighted by molar-refractivity contribution is -0.247. The summed E-state index contributed by atoms with van der Waals surface area (Å²) in [5.41, 5.74) is 0.329. The maximum absolute atomic E-state index is 6.01. The maximum atomic E-state index is 6.01. The average Bonchev–Trinajstić information content (AvgIpc) is 2.07. The zero-order valence-corrected chi connectivity index (χ0v) is 9.17. The summed E-state index contributed by atoms with van der Waals surface area (Å²) >= 11 is 0. The van der Waals surface area contributed by atoms with Crippen LogP contribution in [0, 0.1) is 5.41 Å². The van der Waals surface area contributed by atoms with Crippen LogP contribution in [0.4, 0.5) is 0 Å². The van der Waals surface area contributed by atoms with E-state index in [1.54, 1.807) is 0 Å². The highest BCUT2D eigenvalue weighted by atomic mass is 16.6. The summed E-state index contributed by atoms with van der Waals surface area (Å²) in [6.07, 6.45) is 2.20. The molecular weight excluding hydrogens is 180 g/mol. The Morgan fingerprint density at radius 1 is 1.00 bits per heavy atom. The molecule has 3 nitrogen and oxygen atoms in total. The van der Waals surface area contributed by atoms with Gasteiger partial charge in [0.2, 0.25) is 0 Å². The third-order valence-corrected chi connectivity index (χ3v) is 3.63. The summed E-state index contributed by atoms with van der Waals surface area (Å²) in [6.45, 7) is 8.48. The van der Waals surface area contributed by atoms with Gasteiger partial charge in [-0.2, -0.15) is 0 Å². The third-order valence-electron chi connectivity index (χ3n) is 3.63. The summed E-state index contributed by atoms with van der Waals surface area (Å²) in [6, 6.07) is 0. The molecule has 2 saturated heterocycles. The Balaban J connectivity index is 1.80. The van der Waals surface area contributed by atoms with Crippen LogP contribution in [0.5, 0.6) is 0 Å². The molecule has 0 amide bonds. The van der Waals surface area contributed by atoms with E-state index in [0.717, 1.165) is 45.9 Å². The molecule has 3 heteroatoms. The third kappa shape index (κ3) is 1.69. The highest BCUT2D eigenvalue weighted by molar-refractivity contribution is 4.90. The Bertz CT molecular complexity index is 162. The van der Waals surface area contributed by atoms with Gasteiger partial charge >= 0.3 is 0 Å². The Kier molecular flexibility index (Phi) is 2.82. The molecule has 2 fully saturated rings. The molecule has 0 N–H and O–H groups in total. The molecule has 0 aliphatic carbocycles. The van der Waals surface area contributed by atoms with Crippen molar-refractivity contribution in [2.45, 2.75) is 32.3 Å². The minimum atomic E-state index is 0.0256. The van der Waals surface area contributed by atoms with Crippen LogP contribution >= 0.6 is 0 Å². The quantitative estimate of drug-likeness (QED) is 0.674. The van der Waals surface area contributed by atoms with E-state index in [9.17, 15) is 0 Å². The fraction of sp³-hybridized carbons (Fsp3) is 1.00. The van der Waals surface area contributed by atoms with Gasteiger partial charge in [0.1, 0.15) is 5.60 Å². The van der Waals surface area contributed by atoms with Crippen LogP contribution in [0.15, 0.2) is 0 Å². The summed E-state index contributed by atoms with van der Waals surface area (Å²) in [5, 5.41) is 0. The van der Waals surface area contributed by atoms with Crippen LogP contribution in [0.2, 0.25) is 0 Å². The second-order valence-electron chi connectivity index (χ2n) is 4.66. The van der Waals surface area contributed by atoms with Gasteiger partial charge in [0.05, 0.1) is 33.0 Å². The predicted molar refractivity (Wildman–Crippen MR) is 53.3 cm³/mol. The molecule has 14 heavy (non-hydrogen) atoms. The van der Waals surface area contributed by atoms with Crippen LogP contribution in [-0.2, 0) is 14.2 Å². The van der Waals surface area contributed by atoms with Crippen molar-refractivity contribution in [3.05, 3.63) is 0 Å². The minimum absolute atomic E-state index is 0.0256. The van der Waals surface area contributed by atoms with E-state index in [0.29, 0.717) is 5.41 Å². The Labute approximate surface area is 85.7 Å². The molecule has 0 aromatic carbocycles. The zero-order chi connectivity index (χ0) is 10.1. The van der Waals surface area contributed by atoms with Gasteiger partial charge in [-0.1, -0.05) is 13.8 Å². The van der Waals surface area contributed by atoms with Crippen molar-refractivity contribution in [1.82, 2.24) is 0 Å². The normalized spacial score (nSPS) is 27.9. The predicted octanol–water partition coefficient (Wildman–Crippen LogP) is 1.61. The van der Waals surface area contributed by atoms with E-state index in [1.807, 2.05) is 0 Å². The zero-order valence-electron chi connectivity index (χ0n) is 9.17. The molecule has 2 aliphatic rings. The molecular formula is C11H20O3. The lowest BCUT2D eigenvalue weighted by Crippen LogP contribution is -2.55. The van der Waals surface area contributed by atoms with Crippen molar-refractivity contribution >= 4 is 0 Å². The highest BCUT2D eigenvalue weighted by Crippen LogP contribution is 2.35. The first-order chi connectivity index (χ1) is 6.74. The molecule has 0 bridgehead atoms. The number of ether oxygens (including phenoxy) is 3. The molecule has 2 aliphatic heterocycles. The van der Waals surface area contributed by atoms with E-state index >= 15 is 0 Å². The molecule has 0 atom stereocenters. The van der Waals surface area contributed by atoms with Gasteiger partial charge in [-0.05, 0) is 12.8 Å². The molecule has 2 rings (SSSR count). The fourth-order valence-corrected chi connectivity index (χ4v) is 1.81. The second kappa shape index (κ2) is 3.80. The van der Waals surface area contributed by atoms with Crippen LogP contribution in [0.3, 0.4) is 0 Å². The molecule has 2 heterocycles. The van der Waals surface area contributed by atoms with Gasteiger partial charge in [0.25, 0.3) is 0 Å². The first kappa shape index (κ1) is 10.4. The SMILES string of the molecule is CCC1(COC2(CC)COC2)COC1. The number of hydrogen-bond acceptors (Lipinski definition) is 3. The summed E-state index contributed by atoms with van der Waals surface area (Å²) in [7, 11) is 0. The van der Waals surface area contributed by atoms with E-state index in [1.165, 1.54) is 0 Å². The highest BCUT2D eigenvalue weighted by Gasteiger charge is 2.43. The van der Waals surface area contributed by atoms with Crippen molar-refractivity contribution in [3.63, 3.8) is 0 Å². The van der Waals surface area contributed by atoms with Gasteiger partial charge in [-0.25, -0.2) is 0 Å². The molecule has 0 aromatic rings. The lowest BCUT2D eigenvalue weighted by Gasteiger charge is -2.46. The first-order valence-corrected chi connectivity index (χ1v) is 5.54. The molecule has 0 spiro atoms. The molecule has 0 saturated carbocycles. The minimum Gasteiger partial charge on any atom is -0.380 e. The van der Waals surface area contributed by atoms with E-state index in [-0.39, 0.29) is 5.60 Å². The maximum Gasteiger partial charge on any atom is 0.114 e. The summed E-state index contributed by atoms with van der Waals surface area (Å²) in [5.74, 6) is 0. The summed E-state index contributed by atoms with van der Waals surface area (Å²) in [4.78, 5) is 0. The molecule has 82 valence electrons. The van der Waals surface area contributed by atoms with E-state index in [4.69, 9.17) is 14.2 Å². The van der Waals surface area contributed by atoms with Gasteiger partial charge in [-0.3, -0.25) is 0 Å². The van der Waals surface area contributed by atoms with E-state index in [2.05, 4.69) is 13.8 Å². The van der Waals surface area contributed by atoms with Crippen LogP contribution < -0.4 is 0 Å². The topological polar surface area (TPSA) is 27.7 Å². The fourth-order valence-electron chi connectivity index (χ4n) is 1.81. The van der Waals surface area contributed by atoms with E-state index < -0.39 is 0 Å². The molecule has 0 radical (unpaired) electrons. The number of hydrogen-bond donors (Lipinski definition) is 0. The average molecular weight is 200 g/mol. The first-order valence-electron chi connectivity index (χ1n) is 5.54. The van der Waals surface area contributed by atoms with Crippen molar-refractivity contribution in [3.8, 4) is 0 Å². The van der Waals surface area contributed by atoms with Gasteiger partial charge < -0.3 is 14.2 Å².